The van der Waals surface area contributed by atoms with Crippen LogP contribution in [0.4, 0.5) is 0 Å². The normalized spacial score (nSPS) is 13.6. The van der Waals surface area contributed by atoms with Crippen LogP contribution in [-0.4, -0.2) is 43.0 Å². The SMILES string of the molecule is CN(CC(=O)NC1CC1)C(=O)CCOc1cccc(Cl)c1. The first-order valence-corrected chi connectivity index (χ1v) is 7.34. The maximum atomic E-state index is 11.9. The van der Waals surface area contributed by atoms with Crippen LogP contribution in [0.1, 0.15) is 19.3 Å². The van der Waals surface area contributed by atoms with E-state index in [2.05, 4.69) is 5.32 Å². The predicted molar refractivity (Wildman–Crippen MR) is 80.4 cm³/mol. The van der Waals surface area contributed by atoms with E-state index in [-0.39, 0.29) is 31.4 Å². The number of hydrogen-bond donors (Lipinski definition) is 1. The molecule has 1 aromatic rings. The van der Waals surface area contributed by atoms with Crippen LogP contribution in [0, 0.1) is 0 Å². The Balaban J connectivity index is 1.67. The van der Waals surface area contributed by atoms with Gasteiger partial charge in [0.2, 0.25) is 11.8 Å². The summed E-state index contributed by atoms with van der Waals surface area (Å²) in [5, 5.41) is 3.44. The van der Waals surface area contributed by atoms with Crippen LogP contribution in [0.2, 0.25) is 5.02 Å². The van der Waals surface area contributed by atoms with Crippen molar-refractivity contribution in [2.24, 2.45) is 0 Å². The van der Waals surface area contributed by atoms with E-state index in [0.717, 1.165) is 12.8 Å². The maximum absolute atomic E-state index is 11.9. The molecular weight excluding hydrogens is 292 g/mol. The van der Waals surface area contributed by atoms with E-state index in [1.54, 1.807) is 31.3 Å². The molecule has 0 bridgehead atoms. The van der Waals surface area contributed by atoms with Crippen LogP contribution in [0.3, 0.4) is 0 Å². The summed E-state index contributed by atoms with van der Waals surface area (Å²) in [5.41, 5.74) is 0. The van der Waals surface area contributed by atoms with Crippen LogP contribution in [-0.2, 0) is 9.59 Å². The Kier molecular flexibility index (Phi) is 5.44. The molecule has 114 valence electrons. The molecule has 0 aromatic heterocycles. The summed E-state index contributed by atoms with van der Waals surface area (Å²) in [5.74, 6) is 0.400. The van der Waals surface area contributed by atoms with Gasteiger partial charge in [-0.3, -0.25) is 9.59 Å². The Bertz CT molecular complexity index is 517. The molecule has 0 aliphatic heterocycles. The van der Waals surface area contributed by atoms with E-state index in [9.17, 15) is 9.59 Å². The Hall–Kier alpha value is -1.75. The Morgan fingerprint density at radius 2 is 2.19 bits per heavy atom. The maximum Gasteiger partial charge on any atom is 0.239 e. The van der Waals surface area contributed by atoms with Gasteiger partial charge in [0.05, 0.1) is 19.6 Å². The number of carbonyl (C=O) groups excluding carboxylic acids is 2. The summed E-state index contributed by atoms with van der Waals surface area (Å²) in [6.07, 6.45) is 2.30. The van der Waals surface area contributed by atoms with Crippen molar-refractivity contribution in [2.45, 2.75) is 25.3 Å². The van der Waals surface area contributed by atoms with E-state index in [1.807, 2.05) is 0 Å². The van der Waals surface area contributed by atoms with Crippen LogP contribution in [0.5, 0.6) is 5.75 Å². The zero-order valence-electron chi connectivity index (χ0n) is 12.0. The van der Waals surface area contributed by atoms with E-state index in [0.29, 0.717) is 16.8 Å². The van der Waals surface area contributed by atoms with Crippen molar-refractivity contribution in [1.29, 1.82) is 0 Å². The molecule has 1 saturated carbocycles. The fourth-order valence-corrected chi connectivity index (χ4v) is 1.99. The molecular formula is C15H19ClN2O3. The van der Waals surface area contributed by atoms with Crippen LogP contribution < -0.4 is 10.1 Å². The molecule has 6 heteroatoms. The molecule has 1 fully saturated rings. The number of benzene rings is 1. The number of nitrogens with zero attached hydrogens (tertiary/aromatic N) is 1. The van der Waals surface area contributed by atoms with Crippen LogP contribution >= 0.6 is 11.6 Å². The van der Waals surface area contributed by atoms with Gasteiger partial charge in [-0.2, -0.15) is 0 Å². The third-order valence-electron chi connectivity index (χ3n) is 3.13. The number of carbonyl (C=O) groups is 2. The summed E-state index contributed by atoms with van der Waals surface area (Å²) >= 11 is 5.84. The van der Waals surface area contributed by atoms with Gasteiger partial charge >= 0.3 is 0 Å². The van der Waals surface area contributed by atoms with Gasteiger partial charge in [-0.1, -0.05) is 17.7 Å². The highest BCUT2D eigenvalue weighted by molar-refractivity contribution is 6.30. The minimum atomic E-state index is -0.122. The van der Waals surface area contributed by atoms with Crippen molar-refractivity contribution < 1.29 is 14.3 Å². The number of likely N-dealkylation sites (N-methyl/N-ethyl adjacent to an activating group) is 1. The lowest BCUT2D eigenvalue weighted by Gasteiger charge is -2.17. The summed E-state index contributed by atoms with van der Waals surface area (Å²) < 4.78 is 5.45. The molecule has 2 rings (SSSR count). The standard InChI is InChI=1S/C15H19ClN2O3/c1-18(10-14(19)17-12-5-6-12)15(20)7-8-21-13-4-2-3-11(16)9-13/h2-4,9,12H,5-8,10H2,1H3,(H,17,19). The quantitative estimate of drug-likeness (QED) is 0.836. The van der Waals surface area contributed by atoms with Gasteiger partial charge in [0.15, 0.2) is 0 Å². The van der Waals surface area contributed by atoms with Crippen molar-refractivity contribution in [3.63, 3.8) is 0 Å². The summed E-state index contributed by atoms with van der Waals surface area (Å²) in [6.45, 7) is 0.347. The van der Waals surface area contributed by atoms with Crippen molar-refractivity contribution in [3.8, 4) is 5.75 Å². The van der Waals surface area contributed by atoms with Gasteiger partial charge in [0.25, 0.3) is 0 Å². The molecule has 0 unspecified atom stereocenters. The van der Waals surface area contributed by atoms with Crippen LogP contribution in [0.15, 0.2) is 24.3 Å². The fourth-order valence-electron chi connectivity index (χ4n) is 1.81. The third-order valence-corrected chi connectivity index (χ3v) is 3.36. The largest absolute Gasteiger partial charge is 0.493 e. The molecule has 1 aliphatic carbocycles. The smallest absolute Gasteiger partial charge is 0.239 e. The molecule has 0 saturated heterocycles. The third kappa shape index (κ3) is 5.63. The number of halogens is 1. The molecule has 5 nitrogen and oxygen atoms in total. The first-order valence-electron chi connectivity index (χ1n) is 6.96. The van der Waals surface area contributed by atoms with Crippen molar-refractivity contribution >= 4 is 23.4 Å². The number of nitrogens with one attached hydrogen (secondary N) is 1. The topological polar surface area (TPSA) is 58.6 Å². The first kappa shape index (κ1) is 15.6. The zero-order chi connectivity index (χ0) is 15.2. The molecule has 1 aromatic carbocycles. The Labute approximate surface area is 129 Å². The second kappa shape index (κ2) is 7.31. The first-order chi connectivity index (χ1) is 10.0. The average Bonchev–Trinajstić information content (AvgIpc) is 3.22. The molecule has 0 atom stereocenters. The van der Waals surface area contributed by atoms with Gasteiger partial charge in [0, 0.05) is 18.1 Å². The van der Waals surface area contributed by atoms with Crippen molar-refractivity contribution in [1.82, 2.24) is 10.2 Å². The van der Waals surface area contributed by atoms with E-state index >= 15 is 0 Å². The minimum absolute atomic E-state index is 0.0898. The average molecular weight is 311 g/mol. The second-order valence-corrected chi connectivity index (χ2v) is 5.58. The lowest BCUT2D eigenvalue weighted by atomic mass is 10.3. The number of hydrogen-bond acceptors (Lipinski definition) is 3. The highest BCUT2D eigenvalue weighted by Gasteiger charge is 2.24. The monoisotopic (exact) mass is 310 g/mol. The van der Waals surface area contributed by atoms with E-state index in [4.69, 9.17) is 16.3 Å². The Morgan fingerprint density at radius 1 is 1.43 bits per heavy atom. The van der Waals surface area contributed by atoms with Gasteiger partial charge in [-0.05, 0) is 31.0 Å². The molecule has 0 spiro atoms. The zero-order valence-corrected chi connectivity index (χ0v) is 12.7. The molecule has 0 radical (unpaired) electrons. The minimum Gasteiger partial charge on any atom is -0.493 e. The predicted octanol–water partition coefficient (Wildman–Crippen LogP) is 1.85. The molecule has 0 heterocycles. The lowest BCUT2D eigenvalue weighted by Crippen LogP contribution is -2.39. The van der Waals surface area contributed by atoms with Gasteiger partial charge in [-0.15, -0.1) is 0 Å². The summed E-state index contributed by atoms with van der Waals surface area (Å²) in [4.78, 5) is 24.9. The fraction of sp³-hybridized carbons (Fsp3) is 0.467. The van der Waals surface area contributed by atoms with Crippen molar-refractivity contribution in [2.75, 3.05) is 20.2 Å². The number of amides is 2. The molecule has 2 amide bonds. The second-order valence-electron chi connectivity index (χ2n) is 5.15. The van der Waals surface area contributed by atoms with Crippen molar-refractivity contribution in [3.05, 3.63) is 29.3 Å². The highest BCUT2D eigenvalue weighted by Crippen LogP contribution is 2.18. The summed E-state index contributed by atoms with van der Waals surface area (Å²) in [7, 11) is 1.62. The lowest BCUT2D eigenvalue weighted by molar-refractivity contribution is -0.135. The molecule has 1 aliphatic rings. The van der Waals surface area contributed by atoms with Gasteiger partial charge in [-0.25, -0.2) is 0 Å². The van der Waals surface area contributed by atoms with E-state index in [1.165, 1.54) is 4.90 Å². The number of ether oxygens (including phenoxy) is 1. The van der Waals surface area contributed by atoms with Gasteiger partial charge in [0.1, 0.15) is 5.75 Å². The van der Waals surface area contributed by atoms with E-state index < -0.39 is 0 Å². The van der Waals surface area contributed by atoms with Crippen LogP contribution in [0.25, 0.3) is 0 Å². The Morgan fingerprint density at radius 3 is 2.86 bits per heavy atom. The number of rotatable bonds is 7. The molecule has 21 heavy (non-hydrogen) atoms. The highest BCUT2D eigenvalue weighted by atomic mass is 35.5. The summed E-state index contributed by atoms with van der Waals surface area (Å²) in [6, 6.07) is 7.33. The molecule has 1 N–H and O–H groups in total. The van der Waals surface area contributed by atoms with Gasteiger partial charge < -0.3 is 15.0 Å².